The minimum atomic E-state index is -3.68. The lowest BCUT2D eigenvalue weighted by atomic mass is 10.2. The molecule has 1 N–H and O–H groups in total. The van der Waals surface area contributed by atoms with Crippen LogP contribution in [0.25, 0.3) is 0 Å². The zero-order chi connectivity index (χ0) is 14.9. The predicted molar refractivity (Wildman–Crippen MR) is 83.4 cm³/mol. The minimum Gasteiger partial charge on any atom is -0.376 e. The van der Waals surface area contributed by atoms with Crippen molar-refractivity contribution in [1.82, 2.24) is 4.98 Å². The smallest absolute Gasteiger partial charge is 0.273 e. The van der Waals surface area contributed by atoms with Crippen LogP contribution in [0.4, 0.5) is 11.4 Å². The van der Waals surface area contributed by atoms with Gasteiger partial charge in [-0.2, -0.15) is 0 Å². The maximum absolute atomic E-state index is 12.4. The molecule has 20 heavy (non-hydrogen) atoms. The molecule has 0 fully saturated rings. The van der Waals surface area contributed by atoms with Gasteiger partial charge in [0.15, 0.2) is 8.68 Å². The van der Waals surface area contributed by atoms with Crippen LogP contribution in [0.1, 0.15) is 5.69 Å². The first kappa shape index (κ1) is 15.1. The van der Waals surface area contributed by atoms with Crippen molar-refractivity contribution >= 4 is 44.3 Å². The maximum Gasteiger partial charge on any atom is 0.273 e. The number of rotatable bonds is 4. The van der Waals surface area contributed by atoms with Crippen LogP contribution in [-0.4, -0.2) is 27.5 Å². The highest BCUT2D eigenvalue weighted by molar-refractivity contribution is 7.94. The van der Waals surface area contributed by atoms with E-state index in [0.29, 0.717) is 11.4 Å². The summed E-state index contributed by atoms with van der Waals surface area (Å²) in [6, 6.07) is 7.18. The quantitative estimate of drug-likeness (QED) is 0.935. The third-order valence-corrected chi connectivity index (χ3v) is 5.84. The summed E-state index contributed by atoms with van der Waals surface area (Å²) in [4.78, 5) is 5.77. The molecular weight excluding hydrogens is 318 g/mol. The van der Waals surface area contributed by atoms with E-state index < -0.39 is 10.0 Å². The van der Waals surface area contributed by atoms with Crippen molar-refractivity contribution < 1.29 is 8.42 Å². The fraction of sp³-hybridized carbons (Fsp3) is 0.250. The molecule has 5 nitrogen and oxygen atoms in total. The molecule has 1 heterocycles. The van der Waals surface area contributed by atoms with Crippen molar-refractivity contribution in [3.8, 4) is 0 Å². The second-order valence-electron chi connectivity index (χ2n) is 4.36. The lowest BCUT2D eigenvalue weighted by Crippen LogP contribution is -2.17. The number of anilines is 2. The summed E-state index contributed by atoms with van der Waals surface area (Å²) in [6.45, 7) is 1.62. The number of hydrogen-bond donors (Lipinski definition) is 1. The molecular formula is C12H14ClN3O2S2. The average Bonchev–Trinajstić information content (AvgIpc) is 2.69. The molecule has 0 aliphatic heterocycles. The van der Waals surface area contributed by atoms with Gasteiger partial charge < -0.3 is 4.90 Å². The summed E-state index contributed by atoms with van der Waals surface area (Å²) >= 11 is 6.71. The lowest BCUT2D eigenvalue weighted by Gasteiger charge is -2.18. The summed E-state index contributed by atoms with van der Waals surface area (Å²) in [5.41, 5.74) is 1.69. The van der Waals surface area contributed by atoms with E-state index in [1.54, 1.807) is 19.1 Å². The Kier molecular flexibility index (Phi) is 4.22. The van der Waals surface area contributed by atoms with Crippen molar-refractivity contribution in [1.29, 1.82) is 0 Å². The van der Waals surface area contributed by atoms with E-state index in [-0.39, 0.29) is 8.68 Å². The van der Waals surface area contributed by atoms with Gasteiger partial charge in [-0.05, 0) is 19.1 Å². The van der Waals surface area contributed by atoms with Gasteiger partial charge in [-0.25, -0.2) is 13.4 Å². The molecule has 0 unspecified atom stereocenters. The molecule has 0 spiro atoms. The lowest BCUT2D eigenvalue weighted by molar-refractivity contribution is 0.602. The number of hydrogen-bond acceptors (Lipinski definition) is 5. The second-order valence-corrected chi connectivity index (χ2v) is 7.82. The van der Waals surface area contributed by atoms with Crippen LogP contribution in [0.5, 0.6) is 0 Å². The SMILES string of the molecule is Cc1nc(Cl)sc1S(=O)(=O)Nc1ccccc1N(C)C. The van der Waals surface area contributed by atoms with Gasteiger partial charge in [0.2, 0.25) is 0 Å². The van der Waals surface area contributed by atoms with E-state index in [2.05, 4.69) is 9.71 Å². The van der Waals surface area contributed by atoms with Crippen LogP contribution >= 0.6 is 22.9 Å². The van der Waals surface area contributed by atoms with E-state index in [1.807, 2.05) is 31.1 Å². The van der Waals surface area contributed by atoms with E-state index in [4.69, 9.17) is 11.6 Å². The van der Waals surface area contributed by atoms with Crippen molar-refractivity contribution in [2.75, 3.05) is 23.7 Å². The van der Waals surface area contributed by atoms with E-state index in [9.17, 15) is 8.42 Å². The zero-order valence-corrected chi connectivity index (χ0v) is 13.6. The Labute approximate surface area is 127 Å². The predicted octanol–water partition coefficient (Wildman–Crippen LogP) is 2.97. The highest BCUT2D eigenvalue weighted by atomic mass is 35.5. The van der Waals surface area contributed by atoms with Crippen LogP contribution < -0.4 is 9.62 Å². The molecule has 0 saturated heterocycles. The molecule has 0 atom stereocenters. The van der Waals surface area contributed by atoms with Crippen LogP contribution in [-0.2, 0) is 10.0 Å². The normalized spacial score (nSPS) is 11.4. The van der Waals surface area contributed by atoms with E-state index >= 15 is 0 Å². The molecule has 108 valence electrons. The first-order valence-corrected chi connectivity index (χ1v) is 8.41. The molecule has 0 amide bonds. The Morgan fingerprint density at radius 2 is 1.95 bits per heavy atom. The third kappa shape index (κ3) is 3.05. The number of halogens is 1. The number of sulfonamides is 1. The van der Waals surface area contributed by atoms with Crippen molar-refractivity contribution in [2.45, 2.75) is 11.1 Å². The number of para-hydroxylation sites is 2. The van der Waals surface area contributed by atoms with Gasteiger partial charge in [-0.1, -0.05) is 35.1 Å². The van der Waals surface area contributed by atoms with Crippen LogP contribution in [0, 0.1) is 6.92 Å². The number of benzene rings is 1. The number of aryl methyl sites for hydroxylation is 1. The van der Waals surface area contributed by atoms with Gasteiger partial charge >= 0.3 is 0 Å². The van der Waals surface area contributed by atoms with Crippen molar-refractivity contribution in [2.24, 2.45) is 0 Å². The Hall–Kier alpha value is -1.31. The molecule has 0 aliphatic carbocycles. The largest absolute Gasteiger partial charge is 0.376 e. The monoisotopic (exact) mass is 331 g/mol. The molecule has 8 heteroatoms. The Balaban J connectivity index is 2.41. The van der Waals surface area contributed by atoms with Gasteiger partial charge in [-0.15, -0.1) is 0 Å². The van der Waals surface area contributed by atoms with Gasteiger partial charge in [-0.3, -0.25) is 4.72 Å². The Morgan fingerprint density at radius 1 is 1.30 bits per heavy atom. The number of thiazole rings is 1. The number of nitrogens with zero attached hydrogens (tertiary/aromatic N) is 2. The Morgan fingerprint density at radius 3 is 2.50 bits per heavy atom. The van der Waals surface area contributed by atoms with Gasteiger partial charge in [0.05, 0.1) is 17.1 Å². The van der Waals surface area contributed by atoms with Crippen LogP contribution in [0.15, 0.2) is 28.5 Å². The standard InChI is InChI=1S/C12H14ClN3O2S2/c1-8-11(19-12(13)14-8)20(17,18)15-9-6-4-5-7-10(9)16(2)3/h4-7,15H,1-3H3. The second kappa shape index (κ2) is 5.59. The minimum absolute atomic E-state index is 0.135. The zero-order valence-electron chi connectivity index (χ0n) is 11.2. The number of aromatic nitrogens is 1. The summed E-state index contributed by atoms with van der Waals surface area (Å²) in [7, 11) is 0.0140. The maximum atomic E-state index is 12.4. The van der Waals surface area contributed by atoms with E-state index in [0.717, 1.165) is 17.0 Å². The molecule has 2 rings (SSSR count). The summed E-state index contributed by atoms with van der Waals surface area (Å²) in [5, 5.41) is 0. The molecule has 1 aromatic heterocycles. The third-order valence-electron chi connectivity index (χ3n) is 2.60. The Bertz CT molecular complexity index is 726. The summed E-state index contributed by atoms with van der Waals surface area (Å²) in [6.07, 6.45) is 0. The van der Waals surface area contributed by atoms with Crippen molar-refractivity contribution in [3.63, 3.8) is 0 Å². The topological polar surface area (TPSA) is 62.3 Å². The van der Waals surface area contributed by atoms with Crippen LogP contribution in [0.3, 0.4) is 0 Å². The average molecular weight is 332 g/mol. The van der Waals surface area contributed by atoms with E-state index in [1.165, 1.54) is 0 Å². The van der Waals surface area contributed by atoms with Gasteiger partial charge in [0.25, 0.3) is 10.0 Å². The molecule has 0 bridgehead atoms. The fourth-order valence-electron chi connectivity index (χ4n) is 1.74. The molecule has 2 aromatic rings. The van der Waals surface area contributed by atoms with Crippen LogP contribution in [0.2, 0.25) is 4.47 Å². The first-order valence-electron chi connectivity index (χ1n) is 5.73. The number of nitrogens with one attached hydrogen (secondary N) is 1. The molecule has 1 aromatic carbocycles. The summed E-state index contributed by atoms with van der Waals surface area (Å²) in [5.74, 6) is 0. The highest BCUT2D eigenvalue weighted by Gasteiger charge is 2.22. The summed E-state index contributed by atoms with van der Waals surface area (Å²) < 4.78 is 27.7. The highest BCUT2D eigenvalue weighted by Crippen LogP contribution is 2.31. The molecule has 0 radical (unpaired) electrons. The first-order chi connectivity index (χ1) is 9.31. The van der Waals surface area contributed by atoms with Gasteiger partial charge in [0.1, 0.15) is 0 Å². The van der Waals surface area contributed by atoms with Crippen molar-refractivity contribution in [3.05, 3.63) is 34.4 Å². The fourth-order valence-corrected chi connectivity index (χ4v) is 4.56. The van der Waals surface area contributed by atoms with Gasteiger partial charge in [0, 0.05) is 14.1 Å². The molecule has 0 aliphatic rings. The molecule has 0 saturated carbocycles.